The van der Waals surface area contributed by atoms with Gasteiger partial charge in [-0.2, -0.15) is 0 Å². The zero-order valence-electron chi connectivity index (χ0n) is 12.0. The molecule has 3 nitrogen and oxygen atoms in total. The molecule has 0 radical (unpaired) electrons. The van der Waals surface area contributed by atoms with E-state index in [9.17, 15) is 5.11 Å². The first-order valence-corrected chi connectivity index (χ1v) is 7.61. The summed E-state index contributed by atoms with van der Waals surface area (Å²) in [7, 11) is 1.81. The Morgan fingerprint density at radius 3 is 2.72 bits per heavy atom. The lowest BCUT2D eigenvalue weighted by Gasteiger charge is -2.39. The monoisotopic (exact) mass is 255 g/mol. The summed E-state index contributed by atoms with van der Waals surface area (Å²) < 4.78 is 5.55. The maximum atomic E-state index is 10.6. The Labute approximate surface area is 111 Å². The topological polar surface area (TPSA) is 41.5 Å². The predicted octanol–water partition coefficient (Wildman–Crippen LogP) is 2.47. The van der Waals surface area contributed by atoms with Gasteiger partial charge in [0.2, 0.25) is 0 Å². The molecule has 106 valence electrons. The third kappa shape index (κ3) is 3.69. The van der Waals surface area contributed by atoms with Gasteiger partial charge in [-0.3, -0.25) is 0 Å². The van der Waals surface area contributed by atoms with Crippen molar-refractivity contribution in [1.82, 2.24) is 5.32 Å². The van der Waals surface area contributed by atoms with Crippen LogP contribution in [-0.4, -0.2) is 36.5 Å². The number of rotatable bonds is 4. The van der Waals surface area contributed by atoms with Gasteiger partial charge in [0.1, 0.15) is 0 Å². The summed E-state index contributed by atoms with van der Waals surface area (Å²) in [5, 5.41) is 14.2. The van der Waals surface area contributed by atoms with Crippen molar-refractivity contribution in [3.05, 3.63) is 0 Å². The Kier molecular flexibility index (Phi) is 5.05. The second-order valence-corrected chi connectivity index (χ2v) is 6.47. The van der Waals surface area contributed by atoms with Crippen LogP contribution in [-0.2, 0) is 4.74 Å². The number of methoxy groups -OCH3 is 1. The van der Waals surface area contributed by atoms with E-state index in [1.165, 1.54) is 25.7 Å². The summed E-state index contributed by atoms with van der Waals surface area (Å²) in [6, 6.07) is 0.435. The van der Waals surface area contributed by atoms with Crippen LogP contribution in [0.4, 0.5) is 0 Å². The average Bonchev–Trinajstić information content (AvgIpc) is 2.36. The highest BCUT2D eigenvalue weighted by atomic mass is 16.5. The largest absolute Gasteiger partial charge is 0.389 e. The molecule has 3 heteroatoms. The van der Waals surface area contributed by atoms with E-state index in [1.807, 2.05) is 7.11 Å². The van der Waals surface area contributed by atoms with Crippen LogP contribution in [0.2, 0.25) is 0 Å². The van der Waals surface area contributed by atoms with Crippen LogP contribution in [0.1, 0.15) is 58.3 Å². The van der Waals surface area contributed by atoms with Crippen molar-refractivity contribution in [2.45, 2.75) is 76.0 Å². The van der Waals surface area contributed by atoms with E-state index >= 15 is 0 Å². The SMILES string of the molecule is COC1CCCCC1NCC1(O)CCCC(C)C1. The summed E-state index contributed by atoms with van der Waals surface area (Å²) >= 11 is 0. The van der Waals surface area contributed by atoms with Crippen LogP contribution in [0.5, 0.6) is 0 Å². The van der Waals surface area contributed by atoms with Gasteiger partial charge < -0.3 is 15.2 Å². The van der Waals surface area contributed by atoms with Crippen molar-refractivity contribution in [3.63, 3.8) is 0 Å². The van der Waals surface area contributed by atoms with E-state index in [-0.39, 0.29) is 0 Å². The van der Waals surface area contributed by atoms with Crippen LogP contribution >= 0.6 is 0 Å². The lowest BCUT2D eigenvalue weighted by Crippen LogP contribution is -2.51. The van der Waals surface area contributed by atoms with Crippen LogP contribution in [0.25, 0.3) is 0 Å². The van der Waals surface area contributed by atoms with Crippen molar-refractivity contribution in [2.24, 2.45) is 5.92 Å². The molecule has 0 heterocycles. The second-order valence-electron chi connectivity index (χ2n) is 6.47. The molecule has 0 bridgehead atoms. The lowest BCUT2D eigenvalue weighted by molar-refractivity contribution is -0.0242. The van der Waals surface area contributed by atoms with Crippen molar-refractivity contribution in [2.75, 3.05) is 13.7 Å². The summed E-state index contributed by atoms with van der Waals surface area (Å²) in [6.07, 6.45) is 9.57. The van der Waals surface area contributed by atoms with Gasteiger partial charge in [-0.05, 0) is 31.6 Å². The summed E-state index contributed by atoms with van der Waals surface area (Å²) in [6.45, 7) is 2.99. The fraction of sp³-hybridized carbons (Fsp3) is 1.00. The third-order valence-corrected chi connectivity index (χ3v) is 4.77. The van der Waals surface area contributed by atoms with Crippen molar-refractivity contribution in [3.8, 4) is 0 Å². The molecule has 4 unspecified atom stereocenters. The van der Waals surface area contributed by atoms with Gasteiger partial charge in [0.25, 0.3) is 0 Å². The van der Waals surface area contributed by atoms with Gasteiger partial charge in [-0.25, -0.2) is 0 Å². The van der Waals surface area contributed by atoms with Crippen molar-refractivity contribution >= 4 is 0 Å². The van der Waals surface area contributed by atoms with Crippen LogP contribution in [0, 0.1) is 5.92 Å². The average molecular weight is 255 g/mol. The Balaban J connectivity index is 1.82. The number of nitrogens with one attached hydrogen (secondary N) is 1. The van der Waals surface area contributed by atoms with Gasteiger partial charge in [0.15, 0.2) is 0 Å². The Morgan fingerprint density at radius 2 is 2.00 bits per heavy atom. The first-order valence-electron chi connectivity index (χ1n) is 7.61. The molecule has 2 rings (SSSR count). The molecule has 0 amide bonds. The highest BCUT2D eigenvalue weighted by Gasteiger charge is 2.34. The highest BCUT2D eigenvalue weighted by Crippen LogP contribution is 2.32. The molecule has 2 aliphatic carbocycles. The zero-order valence-corrected chi connectivity index (χ0v) is 12.0. The van der Waals surface area contributed by atoms with E-state index in [1.54, 1.807) is 0 Å². The number of hydrogen-bond donors (Lipinski definition) is 2. The molecule has 0 saturated heterocycles. The van der Waals surface area contributed by atoms with E-state index in [4.69, 9.17) is 4.74 Å². The Morgan fingerprint density at radius 1 is 1.22 bits per heavy atom. The predicted molar refractivity (Wildman–Crippen MR) is 73.6 cm³/mol. The van der Waals surface area contributed by atoms with Gasteiger partial charge in [-0.1, -0.05) is 32.6 Å². The van der Waals surface area contributed by atoms with Crippen LogP contribution in [0.15, 0.2) is 0 Å². The molecular formula is C15H29NO2. The van der Waals surface area contributed by atoms with Crippen LogP contribution in [0.3, 0.4) is 0 Å². The minimum absolute atomic E-state index is 0.336. The number of hydrogen-bond acceptors (Lipinski definition) is 3. The summed E-state index contributed by atoms with van der Waals surface area (Å²) in [4.78, 5) is 0. The minimum atomic E-state index is -0.479. The van der Waals surface area contributed by atoms with Crippen molar-refractivity contribution < 1.29 is 9.84 Å². The third-order valence-electron chi connectivity index (χ3n) is 4.77. The Bertz CT molecular complexity index is 259. The normalized spacial score (nSPS) is 41.8. The molecule has 18 heavy (non-hydrogen) atoms. The maximum absolute atomic E-state index is 10.6. The minimum Gasteiger partial charge on any atom is -0.389 e. The first-order chi connectivity index (χ1) is 8.63. The van der Waals surface area contributed by atoms with Crippen molar-refractivity contribution in [1.29, 1.82) is 0 Å². The number of aliphatic hydroxyl groups is 1. The van der Waals surface area contributed by atoms with E-state index in [0.29, 0.717) is 18.1 Å². The molecule has 2 N–H and O–H groups in total. The summed E-state index contributed by atoms with van der Waals surface area (Å²) in [5.41, 5.74) is -0.479. The number of ether oxygens (including phenoxy) is 1. The van der Waals surface area contributed by atoms with E-state index in [2.05, 4.69) is 12.2 Å². The van der Waals surface area contributed by atoms with E-state index in [0.717, 1.165) is 32.2 Å². The molecule has 2 saturated carbocycles. The molecule has 4 atom stereocenters. The molecule has 0 spiro atoms. The Hall–Kier alpha value is -0.120. The summed E-state index contributed by atoms with van der Waals surface area (Å²) in [5.74, 6) is 0.662. The van der Waals surface area contributed by atoms with Gasteiger partial charge in [-0.15, -0.1) is 0 Å². The fourth-order valence-electron chi connectivity index (χ4n) is 3.73. The smallest absolute Gasteiger partial charge is 0.0774 e. The molecule has 0 aliphatic heterocycles. The molecule has 0 aromatic rings. The molecular weight excluding hydrogens is 226 g/mol. The van der Waals surface area contributed by atoms with E-state index < -0.39 is 5.60 Å². The standard InChI is InChI=1S/C15H29NO2/c1-12-6-5-9-15(17,10-12)11-16-13-7-3-4-8-14(13)18-2/h12-14,16-17H,3-11H2,1-2H3. The van der Waals surface area contributed by atoms with Gasteiger partial charge >= 0.3 is 0 Å². The lowest BCUT2D eigenvalue weighted by atomic mass is 9.78. The quantitative estimate of drug-likeness (QED) is 0.811. The zero-order chi connectivity index (χ0) is 13.0. The molecule has 0 aromatic carbocycles. The molecule has 2 fully saturated rings. The maximum Gasteiger partial charge on any atom is 0.0774 e. The second kappa shape index (κ2) is 6.36. The van der Waals surface area contributed by atoms with Crippen LogP contribution < -0.4 is 5.32 Å². The molecule has 2 aliphatic rings. The highest BCUT2D eigenvalue weighted by molar-refractivity contribution is 4.90. The van der Waals surface area contributed by atoms with Gasteiger partial charge in [0, 0.05) is 19.7 Å². The fourth-order valence-corrected chi connectivity index (χ4v) is 3.73. The first kappa shape index (κ1) is 14.3. The molecule has 0 aromatic heterocycles. The van der Waals surface area contributed by atoms with Gasteiger partial charge in [0.05, 0.1) is 11.7 Å².